The van der Waals surface area contributed by atoms with Crippen molar-refractivity contribution in [2.75, 3.05) is 0 Å². The molecular formula is C10H7F3O2. The van der Waals surface area contributed by atoms with Crippen LogP contribution in [-0.4, -0.2) is 6.36 Å². The molecule has 2 rings (SSSR count). The van der Waals surface area contributed by atoms with E-state index in [1.807, 2.05) is 0 Å². The van der Waals surface area contributed by atoms with Gasteiger partial charge in [0.1, 0.15) is 5.76 Å². The molecule has 0 aliphatic carbocycles. The number of fused-ring (bicyclic) bond motifs is 1. The van der Waals surface area contributed by atoms with E-state index in [0.29, 0.717) is 11.1 Å². The second kappa shape index (κ2) is 3.18. The largest absolute Gasteiger partial charge is 0.573 e. The molecule has 0 aliphatic heterocycles. The highest BCUT2D eigenvalue weighted by molar-refractivity contribution is 5.83. The van der Waals surface area contributed by atoms with Crippen molar-refractivity contribution in [3.8, 4) is 5.75 Å². The van der Waals surface area contributed by atoms with E-state index in [-0.39, 0.29) is 11.3 Å². The van der Waals surface area contributed by atoms with Gasteiger partial charge in [0.05, 0.1) is 0 Å². The molecule has 0 atom stereocenters. The van der Waals surface area contributed by atoms with Crippen LogP contribution in [0.15, 0.2) is 28.7 Å². The number of hydrogen-bond acceptors (Lipinski definition) is 2. The first-order valence-electron chi connectivity index (χ1n) is 4.20. The molecule has 5 heteroatoms. The number of alkyl halides is 3. The Balaban J connectivity index is 2.51. The van der Waals surface area contributed by atoms with Crippen molar-refractivity contribution >= 4 is 11.0 Å². The fraction of sp³-hybridized carbons (Fsp3) is 0.200. The van der Waals surface area contributed by atoms with E-state index in [0.717, 1.165) is 0 Å². The molecule has 0 spiro atoms. The van der Waals surface area contributed by atoms with Crippen LogP contribution in [0.4, 0.5) is 13.2 Å². The van der Waals surface area contributed by atoms with Crippen molar-refractivity contribution in [3.63, 3.8) is 0 Å². The Morgan fingerprint density at radius 1 is 1.27 bits per heavy atom. The Kier molecular flexibility index (Phi) is 2.10. The zero-order valence-corrected chi connectivity index (χ0v) is 7.76. The number of aryl methyl sites for hydroxylation is 1. The van der Waals surface area contributed by atoms with Crippen molar-refractivity contribution < 1.29 is 22.3 Å². The fourth-order valence-corrected chi connectivity index (χ4v) is 1.37. The SMILES string of the molecule is Cc1cc2cccc(OC(F)(F)F)c2o1. The molecule has 0 bridgehead atoms. The first kappa shape index (κ1) is 9.89. The van der Waals surface area contributed by atoms with Crippen LogP contribution in [-0.2, 0) is 0 Å². The highest BCUT2D eigenvalue weighted by atomic mass is 19.4. The predicted molar refractivity (Wildman–Crippen MR) is 47.6 cm³/mol. The zero-order chi connectivity index (χ0) is 11.1. The van der Waals surface area contributed by atoms with E-state index in [1.54, 1.807) is 19.1 Å². The summed E-state index contributed by atoms with van der Waals surface area (Å²) in [7, 11) is 0. The zero-order valence-electron chi connectivity index (χ0n) is 7.76. The summed E-state index contributed by atoms with van der Waals surface area (Å²) in [5.41, 5.74) is 0.118. The number of para-hydroxylation sites is 1. The molecule has 0 N–H and O–H groups in total. The summed E-state index contributed by atoms with van der Waals surface area (Å²) in [6.07, 6.45) is -4.70. The summed E-state index contributed by atoms with van der Waals surface area (Å²) in [4.78, 5) is 0. The maximum Gasteiger partial charge on any atom is 0.573 e. The lowest BCUT2D eigenvalue weighted by atomic mass is 10.2. The molecule has 2 nitrogen and oxygen atoms in total. The minimum Gasteiger partial charge on any atom is -0.457 e. The third kappa shape index (κ3) is 2.06. The average Bonchev–Trinajstić information content (AvgIpc) is 2.43. The highest BCUT2D eigenvalue weighted by Gasteiger charge is 2.32. The topological polar surface area (TPSA) is 22.4 Å². The third-order valence-corrected chi connectivity index (χ3v) is 1.86. The molecule has 0 saturated heterocycles. The summed E-state index contributed by atoms with van der Waals surface area (Å²) in [5.74, 6) is 0.233. The van der Waals surface area contributed by atoms with Crippen LogP contribution in [0, 0.1) is 6.92 Å². The van der Waals surface area contributed by atoms with Gasteiger partial charge in [-0.2, -0.15) is 0 Å². The minimum absolute atomic E-state index is 0.118. The summed E-state index contributed by atoms with van der Waals surface area (Å²) in [6, 6.07) is 6.02. The molecule has 1 aromatic carbocycles. The molecule has 1 aromatic heterocycles. The summed E-state index contributed by atoms with van der Waals surface area (Å²) >= 11 is 0. The second-order valence-corrected chi connectivity index (χ2v) is 3.08. The van der Waals surface area contributed by atoms with Gasteiger partial charge in [0.15, 0.2) is 11.3 Å². The van der Waals surface area contributed by atoms with E-state index in [4.69, 9.17) is 4.42 Å². The Labute approximate surface area is 83.2 Å². The molecule has 15 heavy (non-hydrogen) atoms. The van der Waals surface area contributed by atoms with Gasteiger partial charge in [-0.25, -0.2) is 0 Å². The minimum atomic E-state index is -4.70. The molecule has 0 radical (unpaired) electrons. The standard InChI is InChI=1S/C10H7F3O2/c1-6-5-7-3-2-4-8(9(7)14-6)15-10(11,12)13/h2-5H,1H3. The fourth-order valence-electron chi connectivity index (χ4n) is 1.37. The molecule has 0 saturated carbocycles. The van der Waals surface area contributed by atoms with Gasteiger partial charge in [0.25, 0.3) is 0 Å². The quantitative estimate of drug-likeness (QED) is 0.726. The van der Waals surface area contributed by atoms with Crippen molar-refractivity contribution in [1.82, 2.24) is 0 Å². The van der Waals surface area contributed by atoms with Gasteiger partial charge >= 0.3 is 6.36 Å². The maximum absolute atomic E-state index is 12.0. The highest BCUT2D eigenvalue weighted by Crippen LogP contribution is 2.32. The van der Waals surface area contributed by atoms with Gasteiger partial charge in [-0.15, -0.1) is 13.2 Å². The molecule has 0 amide bonds. The lowest BCUT2D eigenvalue weighted by Crippen LogP contribution is -2.17. The third-order valence-electron chi connectivity index (χ3n) is 1.86. The van der Waals surface area contributed by atoms with E-state index < -0.39 is 6.36 Å². The number of benzene rings is 1. The van der Waals surface area contributed by atoms with E-state index >= 15 is 0 Å². The number of hydrogen-bond donors (Lipinski definition) is 0. The maximum atomic E-state index is 12.0. The number of ether oxygens (including phenoxy) is 1. The Morgan fingerprint density at radius 2 is 2.00 bits per heavy atom. The first-order valence-corrected chi connectivity index (χ1v) is 4.20. The van der Waals surface area contributed by atoms with E-state index in [2.05, 4.69) is 4.74 Å². The second-order valence-electron chi connectivity index (χ2n) is 3.08. The molecule has 80 valence electrons. The van der Waals surface area contributed by atoms with Crippen LogP contribution in [0.5, 0.6) is 5.75 Å². The Bertz CT molecular complexity index is 485. The number of halogens is 3. The van der Waals surface area contributed by atoms with Crippen molar-refractivity contribution in [2.24, 2.45) is 0 Å². The smallest absolute Gasteiger partial charge is 0.457 e. The molecule has 0 unspecified atom stereocenters. The number of rotatable bonds is 1. The molecule has 1 heterocycles. The Morgan fingerprint density at radius 3 is 2.67 bits per heavy atom. The lowest BCUT2D eigenvalue weighted by molar-refractivity contribution is -0.274. The van der Waals surface area contributed by atoms with Crippen molar-refractivity contribution in [3.05, 3.63) is 30.0 Å². The van der Waals surface area contributed by atoms with Gasteiger partial charge < -0.3 is 9.15 Å². The summed E-state index contributed by atoms with van der Waals surface area (Å²) in [5, 5.41) is 0.592. The summed E-state index contributed by atoms with van der Waals surface area (Å²) in [6.45, 7) is 1.66. The average molecular weight is 216 g/mol. The van der Waals surface area contributed by atoms with Gasteiger partial charge in [-0.3, -0.25) is 0 Å². The van der Waals surface area contributed by atoms with Crippen LogP contribution in [0.2, 0.25) is 0 Å². The molecule has 2 aromatic rings. The van der Waals surface area contributed by atoms with Gasteiger partial charge in [0, 0.05) is 5.39 Å². The van der Waals surface area contributed by atoms with Gasteiger partial charge in [0.2, 0.25) is 0 Å². The van der Waals surface area contributed by atoms with E-state index in [1.165, 1.54) is 12.1 Å². The molecular weight excluding hydrogens is 209 g/mol. The van der Waals surface area contributed by atoms with Crippen LogP contribution in [0.1, 0.15) is 5.76 Å². The lowest BCUT2D eigenvalue weighted by Gasteiger charge is -2.08. The monoisotopic (exact) mass is 216 g/mol. The van der Waals surface area contributed by atoms with Gasteiger partial charge in [-0.05, 0) is 19.1 Å². The van der Waals surface area contributed by atoms with Gasteiger partial charge in [-0.1, -0.05) is 12.1 Å². The molecule has 0 fully saturated rings. The van der Waals surface area contributed by atoms with E-state index in [9.17, 15) is 13.2 Å². The van der Waals surface area contributed by atoms with Crippen LogP contribution in [0.25, 0.3) is 11.0 Å². The summed E-state index contributed by atoms with van der Waals surface area (Å²) < 4.78 is 45.0. The van der Waals surface area contributed by atoms with Crippen molar-refractivity contribution in [2.45, 2.75) is 13.3 Å². The van der Waals surface area contributed by atoms with Crippen molar-refractivity contribution in [1.29, 1.82) is 0 Å². The predicted octanol–water partition coefficient (Wildman–Crippen LogP) is 3.64. The Hall–Kier alpha value is -1.65. The van der Waals surface area contributed by atoms with Crippen LogP contribution < -0.4 is 4.74 Å². The van der Waals surface area contributed by atoms with Crippen LogP contribution >= 0.6 is 0 Å². The number of furan rings is 1. The molecule has 0 aliphatic rings. The first-order chi connectivity index (χ1) is 6.96. The van der Waals surface area contributed by atoms with Crippen LogP contribution in [0.3, 0.4) is 0 Å². The normalized spacial score (nSPS) is 12.0.